The number of amides is 2. The van der Waals surface area contributed by atoms with Crippen molar-refractivity contribution in [2.24, 2.45) is 0 Å². The van der Waals surface area contributed by atoms with Crippen LogP contribution in [0.3, 0.4) is 0 Å². The minimum atomic E-state index is -2.50. The SMILES string of the molecule is CC(O)CN(C(=O)Nc1cnn(CC(F)F)c1)C(C)C. The van der Waals surface area contributed by atoms with E-state index in [2.05, 4.69) is 10.4 Å². The number of alkyl halides is 2. The molecule has 0 saturated carbocycles. The molecule has 0 aromatic carbocycles. The predicted molar refractivity (Wildman–Crippen MR) is 70.8 cm³/mol. The van der Waals surface area contributed by atoms with E-state index in [0.29, 0.717) is 5.69 Å². The van der Waals surface area contributed by atoms with Gasteiger partial charge in [0.15, 0.2) is 0 Å². The van der Waals surface area contributed by atoms with Crippen molar-refractivity contribution in [1.82, 2.24) is 14.7 Å². The van der Waals surface area contributed by atoms with Crippen LogP contribution in [0.1, 0.15) is 20.8 Å². The Hall–Kier alpha value is -1.70. The molecule has 1 rings (SSSR count). The molecular formula is C12H20F2N4O2. The van der Waals surface area contributed by atoms with Gasteiger partial charge in [-0.15, -0.1) is 0 Å². The summed E-state index contributed by atoms with van der Waals surface area (Å²) in [5.74, 6) is 0. The van der Waals surface area contributed by atoms with Gasteiger partial charge in [0.25, 0.3) is 6.43 Å². The van der Waals surface area contributed by atoms with Crippen molar-refractivity contribution in [3.63, 3.8) is 0 Å². The second-order valence-electron chi connectivity index (χ2n) is 4.87. The van der Waals surface area contributed by atoms with E-state index in [1.807, 2.05) is 13.8 Å². The molecule has 1 aromatic heterocycles. The standard InChI is InChI=1S/C12H20F2N4O2/c1-8(2)18(5-9(3)19)12(20)16-10-4-15-17(6-10)7-11(13)14/h4,6,8-9,11,19H,5,7H2,1-3H3,(H,16,20). The highest BCUT2D eigenvalue weighted by atomic mass is 19.3. The zero-order chi connectivity index (χ0) is 15.3. The molecule has 20 heavy (non-hydrogen) atoms. The van der Waals surface area contributed by atoms with Crippen LogP contribution in [0, 0.1) is 0 Å². The molecular weight excluding hydrogens is 270 g/mol. The molecule has 8 heteroatoms. The first-order chi connectivity index (χ1) is 9.29. The number of carbonyl (C=O) groups excluding carboxylic acids is 1. The second-order valence-corrected chi connectivity index (χ2v) is 4.87. The summed E-state index contributed by atoms with van der Waals surface area (Å²) in [6.07, 6.45) is -0.503. The maximum absolute atomic E-state index is 12.2. The van der Waals surface area contributed by atoms with Gasteiger partial charge in [0, 0.05) is 18.8 Å². The lowest BCUT2D eigenvalue weighted by atomic mass is 10.3. The molecule has 1 aromatic rings. The summed E-state index contributed by atoms with van der Waals surface area (Å²) in [6.45, 7) is 4.90. The van der Waals surface area contributed by atoms with Gasteiger partial charge < -0.3 is 15.3 Å². The van der Waals surface area contributed by atoms with Crippen LogP contribution in [0.2, 0.25) is 0 Å². The van der Waals surface area contributed by atoms with Crippen molar-refractivity contribution >= 4 is 11.7 Å². The van der Waals surface area contributed by atoms with E-state index in [1.54, 1.807) is 6.92 Å². The first-order valence-corrected chi connectivity index (χ1v) is 6.36. The van der Waals surface area contributed by atoms with Gasteiger partial charge in [-0.2, -0.15) is 5.10 Å². The van der Waals surface area contributed by atoms with E-state index in [9.17, 15) is 18.7 Å². The summed E-state index contributed by atoms with van der Waals surface area (Å²) in [6, 6.07) is -0.502. The Balaban J connectivity index is 2.65. The highest BCUT2D eigenvalue weighted by Crippen LogP contribution is 2.10. The zero-order valence-corrected chi connectivity index (χ0v) is 11.8. The number of aliphatic hydroxyl groups is 1. The lowest BCUT2D eigenvalue weighted by Gasteiger charge is -2.27. The largest absolute Gasteiger partial charge is 0.392 e. The second kappa shape index (κ2) is 7.18. The fourth-order valence-corrected chi connectivity index (χ4v) is 1.68. The van der Waals surface area contributed by atoms with Crippen molar-refractivity contribution in [2.45, 2.75) is 45.9 Å². The van der Waals surface area contributed by atoms with Gasteiger partial charge >= 0.3 is 6.03 Å². The van der Waals surface area contributed by atoms with Gasteiger partial charge in [-0.3, -0.25) is 4.68 Å². The van der Waals surface area contributed by atoms with Crippen LogP contribution in [0.25, 0.3) is 0 Å². The van der Waals surface area contributed by atoms with E-state index in [0.717, 1.165) is 4.68 Å². The van der Waals surface area contributed by atoms with Crippen molar-refractivity contribution in [2.75, 3.05) is 11.9 Å². The maximum atomic E-state index is 12.2. The van der Waals surface area contributed by atoms with Crippen LogP contribution < -0.4 is 5.32 Å². The first kappa shape index (κ1) is 16.4. The smallest absolute Gasteiger partial charge is 0.322 e. The molecule has 0 bridgehead atoms. The van der Waals surface area contributed by atoms with Crippen LogP contribution in [0.15, 0.2) is 12.4 Å². The number of nitrogens with one attached hydrogen (secondary N) is 1. The van der Waals surface area contributed by atoms with Crippen molar-refractivity contribution in [3.05, 3.63) is 12.4 Å². The molecule has 2 N–H and O–H groups in total. The number of hydrogen-bond acceptors (Lipinski definition) is 3. The lowest BCUT2D eigenvalue weighted by molar-refractivity contribution is 0.122. The number of halogens is 2. The van der Waals surface area contributed by atoms with E-state index in [4.69, 9.17) is 0 Å². The van der Waals surface area contributed by atoms with Crippen LogP contribution in [0.4, 0.5) is 19.3 Å². The minimum absolute atomic E-state index is 0.0966. The Morgan fingerprint density at radius 3 is 2.65 bits per heavy atom. The number of aliphatic hydroxyl groups excluding tert-OH is 1. The number of carbonyl (C=O) groups is 1. The molecule has 0 aliphatic heterocycles. The Morgan fingerprint density at radius 2 is 2.15 bits per heavy atom. The van der Waals surface area contributed by atoms with Gasteiger partial charge in [-0.25, -0.2) is 13.6 Å². The zero-order valence-electron chi connectivity index (χ0n) is 11.8. The molecule has 0 aliphatic carbocycles. The molecule has 6 nitrogen and oxygen atoms in total. The third kappa shape index (κ3) is 5.12. The number of aromatic nitrogens is 2. The van der Waals surface area contributed by atoms with Crippen molar-refractivity contribution in [3.8, 4) is 0 Å². The van der Waals surface area contributed by atoms with Crippen LogP contribution in [0.5, 0.6) is 0 Å². The number of urea groups is 1. The van der Waals surface area contributed by atoms with Gasteiger partial charge in [-0.1, -0.05) is 0 Å². The Labute approximate surface area is 116 Å². The van der Waals surface area contributed by atoms with E-state index < -0.39 is 25.1 Å². The van der Waals surface area contributed by atoms with E-state index >= 15 is 0 Å². The molecule has 114 valence electrons. The van der Waals surface area contributed by atoms with E-state index in [1.165, 1.54) is 17.3 Å². The fourth-order valence-electron chi connectivity index (χ4n) is 1.68. The first-order valence-electron chi connectivity index (χ1n) is 6.36. The monoisotopic (exact) mass is 290 g/mol. The highest BCUT2D eigenvalue weighted by Gasteiger charge is 2.19. The van der Waals surface area contributed by atoms with Gasteiger partial charge in [0.1, 0.15) is 6.54 Å². The molecule has 0 fully saturated rings. The van der Waals surface area contributed by atoms with Crippen LogP contribution in [-0.4, -0.2) is 50.9 Å². The minimum Gasteiger partial charge on any atom is -0.392 e. The summed E-state index contributed by atoms with van der Waals surface area (Å²) in [5, 5.41) is 15.7. The molecule has 1 heterocycles. The molecule has 2 amide bonds. The number of nitrogens with zero attached hydrogens (tertiary/aromatic N) is 3. The average Bonchev–Trinajstić information content (AvgIpc) is 2.71. The fraction of sp³-hybridized carbons (Fsp3) is 0.667. The van der Waals surface area contributed by atoms with Gasteiger partial charge in [-0.05, 0) is 20.8 Å². The molecule has 0 radical (unpaired) electrons. The van der Waals surface area contributed by atoms with Crippen molar-refractivity contribution in [1.29, 1.82) is 0 Å². The quantitative estimate of drug-likeness (QED) is 0.839. The average molecular weight is 290 g/mol. The van der Waals surface area contributed by atoms with Gasteiger partial charge in [0.2, 0.25) is 0 Å². The third-order valence-electron chi connectivity index (χ3n) is 2.55. The van der Waals surface area contributed by atoms with E-state index in [-0.39, 0.29) is 12.6 Å². The van der Waals surface area contributed by atoms with Crippen molar-refractivity contribution < 1.29 is 18.7 Å². The summed E-state index contributed by atoms with van der Waals surface area (Å²) >= 11 is 0. The van der Waals surface area contributed by atoms with Crippen LogP contribution >= 0.6 is 0 Å². The Morgan fingerprint density at radius 1 is 1.50 bits per heavy atom. The molecule has 0 aliphatic rings. The highest BCUT2D eigenvalue weighted by molar-refractivity contribution is 5.89. The van der Waals surface area contributed by atoms with Gasteiger partial charge in [0.05, 0.1) is 18.0 Å². The summed E-state index contributed by atoms with van der Waals surface area (Å²) < 4.78 is 25.4. The summed E-state index contributed by atoms with van der Waals surface area (Å²) in [4.78, 5) is 13.5. The predicted octanol–water partition coefficient (Wildman–Crippen LogP) is 1.77. The molecule has 0 saturated heterocycles. The summed E-state index contributed by atoms with van der Waals surface area (Å²) in [7, 11) is 0. The normalized spacial score (nSPS) is 12.8. The molecule has 1 unspecified atom stereocenters. The Kier molecular flexibility index (Phi) is 5.87. The van der Waals surface area contributed by atoms with Crippen LogP contribution in [-0.2, 0) is 6.54 Å². The lowest BCUT2D eigenvalue weighted by Crippen LogP contribution is -2.43. The number of hydrogen-bond donors (Lipinski definition) is 2. The number of rotatable bonds is 6. The summed E-state index contributed by atoms with van der Waals surface area (Å²) in [5.41, 5.74) is 0.340. The third-order valence-corrected chi connectivity index (χ3v) is 2.55. The molecule has 1 atom stereocenters. The number of anilines is 1. The molecule has 0 spiro atoms. The Bertz CT molecular complexity index is 435. The topological polar surface area (TPSA) is 70.4 Å². The maximum Gasteiger partial charge on any atom is 0.322 e.